The van der Waals surface area contributed by atoms with E-state index < -0.39 is 17.3 Å². The summed E-state index contributed by atoms with van der Waals surface area (Å²) in [5.74, 6) is 0.109. The van der Waals surface area contributed by atoms with Crippen molar-refractivity contribution in [3.8, 4) is 0 Å². The van der Waals surface area contributed by atoms with Crippen molar-refractivity contribution in [3.05, 3.63) is 35.4 Å². The van der Waals surface area contributed by atoms with Crippen LogP contribution in [0.3, 0.4) is 0 Å². The van der Waals surface area contributed by atoms with Crippen molar-refractivity contribution < 1.29 is 23.1 Å². The van der Waals surface area contributed by atoms with E-state index in [9.17, 15) is 23.1 Å². The topological polar surface area (TPSA) is 43.8 Å². The van der Waals surface area contributed by atoms with Crippen molar-refractivity contribution >= 4 is 5.91 Å². The Kier molecular flexibility index (Phi) is 5.55. The average Bonchev–Trinajstić information content (AvgIpc) is 2.89. The predicted molar refractivity (Wildman–Crippen MR) is 84.3 cm³/mol. The minimum atomic E-state index is -4.51. The second kappa shape index (κ2) is 7.11. The molecule has 1 N–H and O–H groups in total. The Labute approximate surface area is 139 Å². The average molecular weight is 344 g/mol. The number of carbonyl (C=O) groups excluding carboxylic acids is 1. The van der Waals surface area contributed by atoms with Crippen molar-refractivity contribution in [1.82, 2.24) is 9.80 Å². The van der Waals surface area contributed by atoms with Gasteiger partial charge in [0, 0.05) is 32.6 Å². The van der Waals surface area contributed by atoms with Crippen molar-refractivity contribution in [1.29, 1.82) is 0 Å². The molecule has 1 saturated heterocycles. The van der Waals surface area contributed by atoms with Gasteiger partial charge in [-0.25, -0.2) is 0 Å². The van der Waals surface area contributed by atoms with Gasteiger partial charge >= 0.3 is 6.18 Å². The monoisotopic (exact) mass is 344 g/mol. The lowest BCUT2D eigenvalue weighted by molar-refractivity contribution is -0.141. The van der Waals surface area contributed by atoms with Crippen LogP contribution in [-0.4, -0.2) is 54.0 Å². The maximum atomic E-state index is 13.1. The molecule has 4 nitrogen and oxygen atoms in total. The molecule has 1 atom stereocenters. The summed E-state index contributed by atoms with van der Waals surface area (Å²) >= 11 is 0. The number of halogens is 3. The van der Waals surface area contributed by atoms with Crippen LogP contribution in [0.25, 0.3) is 0 Å². The van der Waals surface area contributed by atoms with Gasteiger partial charge in [-0.2, -0.15) is 13.2 Å². The third kappa shape index (κ3) is 4.48. The van der Waals surface area contributed by atoms with Crippen molar-refractivity contribution in [3.63, 3.8) is 0 Å². The minimum absolute atomic E-state index is 0.0438. The van der Waals surface area contributed by atoms with Crippen LogP contribution >= 0.6 is 0 Å². The van der Waals surface area contributed by atoms with Gasteiger partial charge < -0.3 is 14.9 Å². The highest BCUT2D eigenvalue weighted by molar-refractivity contribution is 5.78. The van der Waals surface area contributed by atoms with E-state index in [1.165, 1.54) is 25.1 Å². The molecule has 0 saturated carbocycles. The number of benzene rings is 1. The predicted octanol–water partition coefficient (Wildman–Crippen LogP) is 2.47. The normalized spacial score (nSPS) is 18.3. The largest absolute Gasteiger partial charge is 0.416 e. The number of alkyl halides is 3. The number of aliphatic hydroxyl groups is 1. The Morgan fingerprint density at radius 1 is 1.25 bits per heavy atom. The molecule has 24 heavy (non-hydrogen) atoms. The Balaban J connectivity index is 2.04. The van der Waals surface area contributed by atoms with Gasteiger partial charge in [0.25, 0.3) is 0 Å². The fraction of sp³-hybridized carbons (Fsp3) is 0.588. The highest BCUT2D eigenvalue weighted by Crippen LogP contribution is 2.36. The molecule has 1 aromatic rings. The van der Waals surface area contributed by atoms with Crippen molar-refractivity contribution in [2.45, 2.75) is 31.5 Å². The zero-order chi connectivity index (χ0) is 18.0. The van der Waals surface area contributed by atoms with E-state index >= 15 is 0 Å². The summed E-state index contributed by atoms with van der Waals surface area (Å²) in [5, 5.41) is 10.6. The van der Waals surface area contributed by atoms with Gasteiger partial charge in [0.05, 0.1) is 5.56 Å². The van der Waals surface area contributed by atoms with Crippen molar-refractivity contribution in [2.24, 2.45) is 0 Å². The van der Waals surface area contributed by atoms with Gasteiger partial charge in [0.1, 0.15) is 5.60 Å². The SMILES string of the molecule is CN(CCN1CCCC1=O)C[C@@](C)(O)c1ccccc1C(F)(F)F. The van der Waals surface area contributed by atoms with E-state index in [-0.39, 0.29) is 18.0 Å². The molecular formula is C17H23F3N2O2. The van der Waals surface area contributed by atoms with Gasteiger partial charge in [-0.15, -0.1) is 0 Å². The molecule has 7 heteroatoms. The number of rotatable bonds is 6. The third-order valence-electron chi connectivity index (χ3n) is 4.31. The lowest BCUT2D eigenvalue weighted by atomic mass is 9.90. The molecule has 0 spiro atoms. The second-order valence-corrected chi connectivity index (χ2v) is 6.54. The van der Waals surface area contributed by atoms with Crippen LogP contribution in [0.2, 0.25) is 0 Å². The van der Waals surface area contributed by atoms with E-state index in [1.54, 1.807) is 16.8 Å². The second-order valence-electron chi connectivity index (χ2n) is 6.54. The maximum absolute atomic E-state index is 13.1. The summed E-state index contributed by atoms with van der Waals surface area (Å²) < 4.78 is 39.4. The quantitative estimate of drug-likeness (QED) is 0.862. The summed E-state index contributed by atoms with van der Waals surface area (Å²) in [6.07, 6.45) is -3.11. The van der Waals surface area contributed by atoms with Crippen LogP contribution in [0.1, 0.15) is 30.9 Å². The molecule has 0 unspecified atom stereocenters. The van der Waals surface area contributed by atoms with Gasteiger partial charge in [0.15, 0.2) is 0 Å². The van der Waals surface area contributed by atoms with Crippen LogP contribution in [-0.2, 0) is 16.6 Å². The fourth-order valence-electron chi connectivity index (χ4n) is 3.12. The summed E-state index contributed by atoms with van der Waals surface area (Å²) in [5.41, 5.74) is -2.60. The Morgan fingerprint density at radius 3 is 2.42 bits per heavy atom. The third-order valence-corrected chi connectivity index (χ3v) is 4.31. The molecule has 1 aliphatic heterocycles. The summed E-state index contributed by atoms with van der Waals surface area (Å²) in [4.78, 5) is 15.1. The molecule has 0 radical (unpaired) electrons. The molecule has 0 bridgehead atoms. The van der Waals surface area contributed by atoms with E-state index in [0.717, 1.165) is 19.0 Å². The number of amides is 1. The summed E-state index contributed by atoms with van der Waals surface area (Å²) in [6.45, 7) is 3.17. The van der Waals surface area contributed by atoms with Crippen molar-refractivity contribution in [2.75, 3.05) is 33.2 Å². The van der Waals surface area contributed by atoms with Crippen LogP contribution in [0.4, 0.5) is 13.2 Å². The van der Waals surface area contributed by atoms with E-state index in [2.05, 4.69) is 0 Å². The van der Waals surface area contributed by atoms with Crippen LogP contribution in [0.5, 0.6) is 0 Å². The Hall–Kier alpha value is -1.60. The van der Waals surface area contributed by atoms with Crippen LogP contribution < -0.4 is 0 Å². The first-order chi connectivity index (χ1) is 11.1. The molecule has 1 amide bonds. The number of carbonyl (C=O) groups is 1. The summed E-state index contributed by atoms with van der Waals surface area (Å²) in [6, 6.07) is 5.08. The van der Waals surface area contributed by atoms with Gasteiger partial charge in [-0.3, -0.25) is 4.79 Å². The van der Waals surface area contributed by atoms with Crippen LogP contribution in [0.15, 0.2) is 24.3 Å². The summed E-state index contributed by atoms with van der Waals surface area (Å²) in [7, 11) is 1.73. The molecule has 1 heterocycles. The first kappa shape index (κ1) is 18.7. The number of hydrogen-bond donors (Lipinski definition) is 1. The maximum Gasteiger partial charge on any atom is 0.416 e. The van der Waals surface area contributed by atoms with Gasteiger partial charge in [-0.1, -0.05) is 18.2 Å². The number of nitrogens with zero attached hydrogens (tertiary/aromatic N) is 2. The lowest BCUT2D eigenvalue weighted by Gasteiger charge is -2.32. The zero-order valence-corrected chi connectivity index (χ0v) is 13.9. The zero-order valence-electron chi connectivity index (χ0n) is 13.9. The Morgan fingerprint density at radius 2 is 1.88 bits per heavy atom. The highest BCUT2D eigenvalue weighted by Gasteiger charge is 2.38. The molecule has 0 aromatic heterocycles. The number of likely N-dealkylation sites (N-methyl/N-ethyl adjacent to an activating group) is 1. The van der Waals surface area contributed by atoms with Gasteiger partial charge in [-0.05, 0) is 32.0 Å². The van der Waals surface area contributed by atoms with E-state index in [0.29, 0.717) is 19.5 Å². The van der Waals surface area contributed by atoms with Crippen LogP contribution in [0, 0.1) is 0 Å². The standard InChI is InChI=1S/C17H23F3N2O2/c1-16(24,13-6-3-4-7-14(13)17(18,19)20)12-21(2)10-11-22-9-5-8-15(22)23/h3-4,6-7,24H,5,8-12H2,1-2H3/t16-/m1/s1. The smallest absolute Gasteiger partial charge is 0.384 e. The minimum Gasteiger partial charge on any atom is -0.384 e. The van der Waals surface area contributed by atoms with Gasteiger partial charge in [0.2, 0.25) is 5.91 Å². The lowest BCUT2D eigenvalue weighted by Crippen LogP contribution is -2.41. The fourth-order valence-corrected chi connectivity index (χ4v) is 3.12. The van der Waals surface area contributed by atoms with E-state index in [1.807, 2.05) is 0 Å². The molecule has 1 fully saturated rings. The Bertz CT molecular complexity index is 587. The molecular weight excluding hydrogens is 321 g/mol. The molecule has 134 valence electrons. The molecule has 1 aromatic carbocycles. The van der Waals surface area contributed by atoms with E-state index in [4.69, 9.17) is 0 Å². The number of hydrogen-bond acceptors (Lipinski definition) is 3. The highest BCUT2D eigenvalue weighted by atomic mass is 19.4. The first-order valence-corrected chi connectivity index (χ1v) is 7.96. The first-order valence-electron chi connectivity index (χ1n) is 7.96. The molecule has 2 rings (SSSR count). The molecule has 0 aliphatic carbocycles. The number of likely N-dealkylation sites (tertiary alicyclic amines) is 1. The molecule has 1 aliphatic rings.